The Bertz CT molecular complexity index is 1150. The number of hydrogen-bond donors (Lipinski definition) is 3. The first kappa shape index (κ1) is 20.5. The van der Waals surface area contributed by atoms with E-state index in [4.69, 9.17) is 21.4 Å². The van der Waals surface area contributed by atoms with Gasteiger partial charge in [0.1, 0.15) is 5.75 Å². The molecule has 2 aromatic heterocycles. The fraction of sp³-hybridized carbons (Fsp3) is 0.364. The number of carboxylic acid groups (broad SMARTS) is 1. The summed E-state index contributed by atoms with van der Waals surface area (Å²) < 4.78 is 7.02. The zero-order chi connectivity index (χ0) is 21.5. The molecular formula is C22H22ClN3O4S. The first-order valence-electron chi connectivity index (χ1n) is 10.2. The smallest absolute Gasteiger partial charge is 0.404 e. The number of amides is 1. The number of benzene rings is 1. The Balaban J connectivity index is 1.60. The van der Waals surface area contributed by atoms with E-state index in [0.717, 1.165) is 56.9 Å². The zero-order valence-corrected chi connectivity index (χ0v) is 18.2. The summed E-state index contributed by atoms with van der Waals surface area (Å²) in [5.74, 6) is 0.775. The molecule has 4 heterocycles. The van der Waals surface area contributed by atoms with Gasteiger partial charge in [-0.25, -0.2) is 4.79 Å². The zero-order valence-electron chi connectivity index (χ0n) is 16.7. The molecule has 2 aliphatic rings. The van der Waals surface area contributed by atoms with Crippen molar-refractivity contribution < 1.29 is 19.7 Å². The van der Waals surface area contributed by atoms with E-state index in [-0.39, 0.29) is 18.7 Å². The topological polar surface area (TPSA) is 94.9 Å². The SMILES string of the molecule is O=C(O)NC1CCN([C@@H]2CCOc3cc(Cl)cc(-c4ccnc5cc(CO)sc45)c32)C1. The van der Waals surface area contributed by atoms with Crippen molar-refractivity contribution in [3.8, 4) is 16.9 Å². The van der Waals surface area contributed by atoms with Crippen LogP contribution in [0.1, 0.15) is 29.3 Å². The van der Waals surface area contributed by atoms with E-state index in [2.05, 4.69) is 15.2 Å². The lowest BCUT2D eigenvalue weighted by molar-refractivity contribution is 0.161. The molecule has 9 heteroatoms. The van der Waals surface area contributed by atoms with E-state index >= 15 is 0 Å². The molecule has 1 saturated heterocycles. The maximum Gasteiger partial charge on any atom is 0.404 e. The molecule has 1 unspecified atom stereocenters. The molecule has 0 radical (unpaired) electrons. The van der Waals surface area contributed by atoms with Crippen LogP contribution < -0.4 is 10.1 Å². The molecular weight excluding hydrogens is 438 g/mol. The van der Waals surface area contributed by atoms with Crippen molar-refractivity contribution in [3.63, 3.8) is 0 Å². The van der Waals surface area contributed by atoms with Crippen molar-refractivity contribution in [1.29, 1.82) is 0 Å². The quantitative estimate of drug-likeness (QED) is 0.539. The molecule has 31 heavy (non-hydrogen) atoms. The van der Waals surface area contributed by atoms with E-state index in [0.29, 0.717) is 18.2 Å². The highest BCUT2D eigenvalue weighted by atomic mass is 35.5. The van der Waals surface area contributed by atoms with Crippen LogP contribution in [-0.4, -0.2) is 51.9 Å². The van der Waals surface area contributed by atoms with Crippen LogP contribution in [0.2, 0.25) is 5.02 Å². The maximum atomic E-state index is 11.1. The second-order valence-corrected chi connectivity index (χ2v) is 9.47. The fourth-order valence-electron chi connectivity index (χ4n) is 4.71. The molecule has 1 fully saturated rings. The van der Waals surface area contributed by atoms with Gasteiger partial charge < -0.3 is 20.3 Å². The van der Waals surface area contributed by atoms with Gasteiger partial charge in [0.05, 0.1) is 23.4 Å². The third kappa shape index (κ3) is 3.85. The number of thiophene rings is 1. The molecule has 162 valence electrons. The molecule has 0 spiro atoms. The minimum absolute atomic E-state index is 0.0222. The largest absolute Gasteiger partial charge is 0.493 e. The summed E-state index contributed by atoms with van der Waals surface area (Å²) in [7, 11) is 0. The highest BCUT2D eigenvalue weighted by molar-refractivity contribution is 7.19. The standard InChI is InChI=1S/C22H22ClN3O4S/c23-12-7-16(15-1-4-24-17-9-14(11-27)31-21(15)17)20-18(3-6-30-19(20)8-12)26-5-2-13(10-26)25-22(28)29/h1,4,7-9,13,18,25,27H,2-3,5-6,10-11H2,(H,28,29)/t13?,18-/m1/s1. The number of halogens is 1. The van der Waals surface area contributed by atoms with Crippen molar-refractivity contribution in [3.05, 3.63) is 45.9 Å². The van der Waals surface area contributed by atoms with Gasteiger partial charge in [-0.1, -0.05) is 11.6 Å². The summed E-state index contributed by atoms with van der Waals surface area (Å²) >= 11 is 8.01. The summed E-state index contributed by atoms with van der Waals surface area (Å²) in [6.07, 6.45) is 2.40. The van der Waals surface area contributed by atoms with Crippen molar-refractivity contribution in [2.24, 2.45) is 0 Å². The van der Waals surface area contributed by atoms with E-state index in [1.807, 2.05) is 24.3 Å². The molecule has 5 rings (SSSR count). The Morgan fingerprint density at radius 3 is 3.00 bits per heavy atom. The van der Waals surface area contributed by atoms with Crippen molar-refractivity contribution >= 4 is 39.2 Å². The number of aliphatic hydroxyl groups excluding tert-OH is 1. The lowest BCUT2D eigenvalue weighted by Crippen LogP contribution is -2.38. The third-order valence-corrected chi connectivity index (χ3v) is 7.35. The summed E-state index contributed by atoms with van der Waals surface area (Å²) in [4.78, 5) is 18.7. The summed E-state index contributed by atoms with van der Waals surface area (Å²) in [6, 6.07) is 7.77. The lowest BCUT2D eigenvalue weighted by Gasteiger charge is -2.35. The highest BCUT2D eigenvalue weighted by Crippen LogP contribution is 2.47. The van der Waals surface area contributed by atoms with E-state index in [9.17, 15) is 9.90 Å². The highest BCUT2D eigenvalue weighted by Gasteiger charge is 2.35. The van der Waals surface area contributed by atoms with E-state index in [1.54, 1.807) is 6.20 Å². The molecule has 0 saturated carbocycles. The van der Waals surface area contributed by atoms with Crippen molar-refractivity contribution in [1.82, 2.24) is 15.2 Å². The molecule has 2 aliphatic heterocycles. The number of likely N-dealkylation sites (tertiary alicyclic amines) is 1. The number of pyridine rings is 1. The molecule has 7 nitrogen and oxygen atoms in total. The second kappa shape index (κ2) is 8.27. The molecule has 0 aliphatic carbocycles. The molecule has 0 bridgehead atoms. The number of fused-ring (bicyclic) bond motifs is 2. The second-order valence-electron chi connectivity index (χ2n) is 7.89. The van der Waals surface area contributed by atoms with Gasteiger partial charge in [0.25, 0.3) is 0 Å². The average molecular weight is 460 g/mol. The van der Waals surface area contributed by atoms with Crippen molar-refractivity contribution in [2.75, 3.05) is 19.7 Å². The fourth-order valence-corrected chi connectivity index (χ4v) is 5.92. The Morgan fingerprint density at radius 2 is 2.19 bits per heavy atom. The van der Waals surface area contributed by atoms with Crippen LogP contribution in [0.4, 0.5) is 4.79 Å². The summed E-state index contributed by atoms with van der Waals surface area (Å²) in [6.45, 7) is 2.05. The van der Waals surface area contributed by atoms with Crippen LogP contribution in [0.5, 0.6) is 5.75 Å². The maximum absolute atomic E-state index is 11.1. The van der Waals surface area contributed by atoms with Gasteiger partial charge in [-0.05, 0) is 36.2 Å². The average Bonchev–Trinajstić information content (AvgIpc) is 3.38. The summed E-state index contributed by atoms with van der Waals surface area (Å²) in [5, 5.41) is 21.9. The number of nitrogens with zero attached hydrogens (tertiary/aromatic N) is 2. The van der Waals surface area contributed by atoms with Gasteiger partial charge in [-0.15, -0.1) is 11.3 Å². The molecule has 1 aromatic carbocycles. The number of ether oxygens (including phenoxy) is 1. The number of nitrogens with one attached hydrogen (secondary N) is 1. The Labute approximate surface area is 188 Å². The normalized spacial score (nSPS) is 21.1. The van der Waals surface area contributed by atoms with E-state index in [1.165, 1.54) is 11.3 Å². The van der Waals surface area contributed by atoms with Crippen LogP contribution in [0, 0.1) is 0 Å². The minimum Gasteiger partial charge on any atom is -0.493 e. The van der Waals surface area contributed by atoms with Gasteiger partial charge in [0.2, 0.25) is 0 Å². The summed E-state index contributed by atoms with van der Waals surface area (Å²) in [5.41, 5.74) is 3.95. The third-order valence-electron chi connectivity index (χ3n) is 5.99. The molecule has 2 atom stereocenters. The molecule has 1 amide bonds. The number of carbonyl (C=O) groups is 1. The van der Waals surface area contributed by atoms with Crippen molar-refractivity contribution in [2.45, 2.75) is 31.5 Å². The predicted octanol–water partition coefficient (Wildman–Crippen LogP) is 4.27. The molecule has 3 N–H and O–H groups in total. The Hall–Kier alpha value is -2.39. The minimum atomic E-state index is -0.983. The Kier molecular flexibility index (Phi) is 5.47. The van der Waals surface area contributed by atoms with E-state index < -0.39 is 6.09 Å². The van der Waals surface area contributed by atoms with Crippen LogP contribution in [0.3, 0.4) is 0 Å². The Morgan fingerprint density at radius 1 is 1.32 bits per heavy atom. The first-order valence-corrected chi connectivity index (χ1v) is 11.4. The number of rotatable bonds is 4. The van der Waals surface area contributed by atoms with Crippen LogP contribution in [0.25, 0.3) is 21.3 Å². The predicted molar refractivity (Wildman–Crippen MR) is 120 cm³/mol. The van der Waals surface area contributed by atoms with Gasteiger partial charge in [-0.3, -0.25) is 9.88 Å². The molecule has 3 aromatic rings. The van der Waals surface area contributed by atoms with Gasteiger partial charge in [-0.2, -0.15) is 0 Å². The van der Waals surface area contributed by atoms with Gasteiger partial charge >= 0.3 is 6.09 Å². The lowest BCUT2D eigenvalue weighted by atomic mass is 9.90. The first-order chi connectivity index (χ1) is 15.0. The number of aromatic nitrogens is 1. The van der Waals surface area contributed by atoms with Crippen LogP contribution in [-0.2, 0) is 6.61 Å². The van der Waals surface area contributed by atoms with Gasteiger partial charge in [0, 0.05) is 58.8 Å². The number of hydrogen-bond acceptors (Lipinski definition) is 6. The van der Waals surface area contributed by atoms with Crippen LogP contribution in [0.15, 0.2) is 30.5 Å². The number of aliphatic hydroxyl groups is 1. The monoisotopic (exact) mass is 459 g/mol. The van der Waals surface area contributed by atoms with Crippen LogP contribution >= 0.6 is 22.9 Å². The van der Waals surface area contributed by atoms with Gasteiger partial charge in [0.15, 0.2) is 0 Å².